The van der Waals surface area contributed by atoms with Crippen LogP contribution in [0.1, 0.15) is 34.9 Å². The van der Waals surface area contributed by atoms with Crippen molar-refractivity contribution in [2.75, 3.05) is 0 Å². The fourth-order valence-electron chi connectivity index (χ4n) is 1.64. The Morgan fingerprint density at radius 2 is 1.89 bits per heavy atom. The van der Waals surface area contributed by atoms with Gasteiger partial charge in [0, 0.05) is 5.56 Å². The quantitative estimate of drug-likeness (QED) is 0.847. The van der Waals surface area contributed by atoms with Crippen molar-refractivity contribution in [3.05, 3.63) is 34.9 Å². The first-order valence-electron chi connectivity index (χ1n) is 5.10. The molecule has 1 atom stereocenters. The summed E-state index contributed by atoms with van der Waals surface area (Å²) >= 11 is 3.09. The first-order chi connectivity index (χ1) is 8.34. The zero-order chi connectivity index (χ0) is 13.9. The number of carbonyl (C=O) groups is 2. The number of carboxylic acids is 1. The Hall–Kier alpha value is -1.30. The van der Waals surface area contributed by atoms with E-state index in [1.807, 2.05) is 0 Å². The maximum absolute atomic E-state index is 12.8. The molecule has 1 unspecified atom stereocenters. The standard InChI is InChI=1S/C12H11BrF2O3/c1-6(16)11(13)7-3-2-4-8(12(14)15)9(7)5-10(17)18/h2-4,11-12H,5H2,1H3,(H,17,18). The number of hydrogen-bond acceptors (Lipinski definition) is 2. The van der Waals surface area contributed by atoms with Crippen LogP contribution in [0.15, 0.2) is 18.2 Å². The lowest BCUT2D eigenvalue weighted by Crippen LogP contribution is -2.11. The third-order valence-corrected chi connectivity index (χ3v) is 3.58. The molecule has 0 saturated carbocycles. The molecule has 0 amide bonds. The first-order valence-corrected chi connectivity index (χ1v) is 6.02. The van der Waals surface area contributed by atoms with Gasteiger partial charge in [0.2, 0.25) is 0 Å². The van der Waals surface area contributed by atoms with Crippen LogP contribution in [0.2, 0.25) is 0 Å². The molecule has 0 fully saturated rings. The van der Waals surface area contributed by atoms with Crippen molar-refractivity contribution >= 4 is 27.7 Å². The maximum Gasteiger partial charge on any atom is 0.307 e. The Kier molecular flexibility index (Phi) is 4.95. The summed E-state index contributed by atoms with van der Waals surface area (Å²) in [6.45, 7) is 1.30. The summed E-state index contributed by atoms with van der Waals surface area (Å²) in [5.41, 5.74) is -0.0691. The SMILES string of the molecule is CC(=O)C(Br)c1cccc(C(F)F)c1CC(=O)O. The molecular weight excluding hydrogens is 310 g/mol. The Bertz CT molecular complexity index is 474. The molecule has 0 aliphatic heterocycles. The molecule has 0 aliphatic rings. The van der Waals surface area contributed by atoms with Crippen LogP contribution in [0.5, 0.6) is 0 Å². The van der Waals surface area contributed by atoms with Crippen molar-refractivity contribution in [1.29, 1.82) is 0 Å². The maximum atomic E-state index is 12.8. The molecule has 1 N–H and O–H groups in total. The van der Waals surface area contributed by atoms with Gasteiger partial charge in [-0.25, -0.2) is 8.78 Å². The number of benzene rings is 1. The number of rotatable bonds is 5. The van der Waals surface area contributed by atoms with Crippen LogP contribution in [0.4, 0.5) is 8.78 Å². The molecule has 0 radical (unpaired) electrons. The minimum atomic E-state index is -2.77. The van der Waals surface area contributed by atoms with Crippen molar-refractivity contribution in [2.45, 2.75) is 24.6 Å². The van der Waals surface area contributed by atoms with Crippen LogP contribution in [0.25, 0.3) is 0 Å². The molecule has 0 heterocycles. The highest BCUT2D eigenvalue weighted by Gasteiger charge is 2.23. The van der Waals surface area contributed by atoms with E-state index >= 15 is 0 Å². The number of Topliss-reactive ketones (excluding diaryl/α,β-unsaturated/α-hetero) is 1. The summed E-state index contributed by atoms with van der Waals surface area (Å²) in [7, 11) is 0. The van der Waals surface area contributed by atoms with E-state index < -0.39 is 23.6 Å². The number of aliphatic carboxylic acids is 1. The van der Waals surface area contributed by atoms with Gasteiger partial charge in [0.05, 0.1) is 11.2 Å². The van der Waals surface area contributed by atoms with Gasteiger partial charge in [-0.2, -0.15) is 0 Å². The Labute approximate surface area is 111 Å². The van der Waals surface area contributed by atoms with Crippen molar-refractivity contribution in [3.8, 4) is 0 Å². The average Bonchev–Trinajstić information content (AvgIpc) is 2.27. The minimum Gasteiger partial charge on any atom is -0.481 e. The topological polar surface area (TPSA) is 54.4 Å². The van der Waals surface area contributed by atoms with Gasteiger partial charge in [0.25, 0.3) is 6.43 Å². The predicted octanol–water partition coefficient (Wildman–Crippen LogP) is 3.28. The normalized spacial score (nSPS) is 12.5. The number of carboxylic acid groups (broad SMARTS) is 1. The van der Waals surface area contributed by atoms with Gasteiger partial charge >= 0.3 is 5.97 Å². The largest absolute Gasteiger partial charge is 0.481 e. The highest BCUT2D eigenvalue weighted by Crippen LogP contribution is 2.33. The van der Waals surface area contributed by atoms with Crippen LogP contribution in [0.3, 0.4) is 0 Å². The predicted molar refractivity (Wildman–Crippen MR) is 65.1 cm³/mol. The summed E-state index contributed by atoms with van der Waals surface area (Å²) < 4.78 is 25.7. The second-order valence-corrected chi connectivity index (χ2v) is 4.68. The number of hydrogen-bond donors (Lipinski definition) is 1. The monoisotopic (exact) mass is 320 g/mol. The molecule has 1 rings (SSSR count). The van der Waals surface area contributed by atoms with Crippen molar-refractivity contribution in [2.24, 2.45) is 0 Å². The van der Waals surface area contributed by atoms with Gasteiger partial charge in [0.1, 0.15) is 5.78 Å². The van der Waals surface area contributed by atoms with Crippen LogP contribution >= 0.6 is 15.9 Å². The Balaban J connectivity index is 3.36. The molecular formula is C12H11BrF2O3. The summed E-state index contributed by atoms with van der Waals surface area (Å²) in [6, 6.07) is 4.04. The zero-order valence-corrected chi connectivity index (χ0v) is 11.1. The molecule has 6 heteroatoms. The van der Waals surface area contributed by atoms with E-state index in [1.54, 1.807) is 0 Å². The Morgan fingerprint density at radius 3 is 2.33 bits per heavy atom. The van der Waals surface area contributed by atoms with Gasteiger partial charge in [-0.05, 0) is 18.1 Å². The van der Waals surface area contributed by atoms with E-state index in [4.69, 9.17) is 5.11 Å². The number of halogens is 3. The Morgan fingerprint density at radius 1 is 1.33 bits per heavy atom. The van der Waals surface area contributed by atoms with Gasteiger partial charge in [-0.3, -0.25) is 9.59 Å². The fraction of sp³-hybridized carbons (Fsp3) is 0.333. The van der Waals surface area contributed by atoms with Gasteiger partial charge in [-0.1, -0.05) is 34.1 Å². The lowest BCUT2D eigenvalue weighted by Gasteiger charge is -2.15. The summed E-state index contributed by atoms with van der Waals surface area (Å²) in [6.07, 6.45) is -3.31. The van der Waals surface area contributed by atoms with Crippen molar-refractivity contribution < 1.29 is 23.5 Å². The van der Waals surface area contributed by atoms with Crippen LogP contribution < -0.4 is 0 Å². The lowest BCUT2D eigenvalue weighted by atomic mass is 9.95. The molecule has 0 saturated heterocycles. The van der Waals surface area contributed by atoms with E-state index in [9.17, 15) is 18.4 Å². The first kappa shape index (κ1) is 14.8. The highest BCUT2D eigenvalue weighted by atomic mass is 79.9. The zero-order valence-electron chi connectivity index (χ0n) is 9.49. The number of alkyl halides is 3. The fourth-order valence-corrected chi connectivity index (χ4v) is 2.07. The number of carbonyl (C=O) groups excluding carboxylic acids is 1. The van der Waals surface area contributed by atoms with E-state index in [1.165, 1.54) is 25.1 Å². The van der Waals surface area contributed by atoms with Gasteiger partial charge < -0.3 is 5.11 Å². The van der Waals surface area contributed by atoms with E-state index in [2.05, 4.69) is 15.9 Å². The van der Waals surface area contributed by atoms with Gasteiger partial charge in [0.15, 0.2) is 0 Å². The van der Waals surface area contributed by atoms with Crippen molar-refractivity contribution in [3.63, 3.8) is 0 Å². The molecule has 0 bridgehead atoms. The highest BCUT2D eigenvalue weighted by molar-refractivity contribution is 9.09. The summed E-state index contributed by atoms with van der Waals surface area (Å²) in [5, 5.41) is 8.77. The minimum absolute atomic E-state index is 0.00271. The smallest absolute Gasteiger partial charge is 0.307 e. The molecule has 3 nitrogen and oxygen atoms in total. The number of ketones is 1. The molecule has 0 aromatic heterocycles. The van der Waals surface area contributed by atoms with Crippen LogP contribution in [-0.2, 0) is 16.0 Å². The molecule has 1 aromatic rings. The lowest BCUT2D eigenvalue weighted by molar-refractivity contribution is -0.136. The molecule has 1 aromatic carbocycles. The molecule has 18 heavy (non-hydrogen) atoms. The second-order valence-electron chi connectivity index (χ2n) is 3.76. The van der Waals surface area contributed by atoms with Crippen LogP contribution in [0, 0.1) is 0 Å². The van der Waals surface area contributed by atoms with Gasteiger partial charge in [-0.15, -0.1) is 0 Å². The average molecular weight is 321 g/mol. The van der Waals surface area contributed by atoms with E-state index in [-0.39, 0.29) is 22.5 Å². The van der Waals surface area contributed by atoms with E-state index in [0.717, 1.165) is 0 Å². The second kappa shape index (κ2) is 6.04. The molecule has 0 spiro atoms. The third kappa shape index (κ3) is 3.35. The third-order valence-electron chi connectivity index (χ3n) is 2.44. The molecule has 98 valence electrons. The summed E-state index contributed by atoms with van der Waals surface area (Å²) in [4.78, 5) is 21.3. The van der Waals surface area contributed by atoms with E-state index in [0.29, 0.717) is 0 Å². The van der Waals surface area contributed by atoms with Crippen molar-refractivity contribution in [1.82, 2.24) is 0 Å². The molecule has 0 aliphatic carbocycles. The summed E-state index contributed by atoms with van der Waals surface area (Å²) in [5.74, 6) is -1.49. The van der Waals surface area contributed by atoms with Crippen LogP contribution in [-0.4, -0.2) is 16.9 Å².